The minimum absolute atomic E-state index is 0.808. The Morgan fingerprint density at radius 1 is 1.04 bits per heavy atom. The standard InChI is InChI=1S/C19H18N4O/c1-24-15-9-5-8-14-16(15)17-18(23-14)19(22-12-21-17)20-11-10-13-6-3-2-4-7-13/h2-9,12,23H,10-11H2,1H3,(H,20,21,22). The van der Waals surface area contributed by atoms with Gasteiger partial charge >= 0.3 is 0 Å². The van der Waals surface area contributed by atoms with E-state index in [9.17, 15) is 0 Å². The number of rotatable bonds is 5. The van der Waals surface area contributed by atoms with Crippen molar-refractivity contribution in [3.05, 3.63) is 60.4 Å². The van der Waals surface area contributed by atoms with Gasteiger partial charge in [-0.1, -0.05) is 36.4 Å². The number of nitrogens with one attached hydrogen (secondary N) is 2. The molecule has 0 bridgehead atoms. The Morgan fingerprint density at radius 3 is 2.75 bits per heavy atom. The molecule has 120 valence electrons. The van der Waals surface area contributed by atoms with Gasteiger partial charge in [-0.25, -0.2) is 9.97 Å². The Bertz CT molecular complexity index is 979. The minimum atomic E-state index is 0.808. The summed E-state index contributed by atoms with van der Waals surface area (Å²) in [6.45, 7) is 0.808. The van der Waals surface area contributed by atoms with E-state index in [0.29, 0.717) is 0 Å². The second-order valence-electron chi connectivity index (χ2n) is 5.62. The molecule has 2 heterocycles. The summed E-state index contributed by atoms with van der Waals surface area (Å²) in [6, 6.07) is 16.3. The molecular weight excluding hydrogens is 300 g/mol. The first kappa shape index (κ1) is 14.5. The average Bonchev–Trinajstić information content (AvgIpc) is 3.02. The summed E-state index contributed by atoms with van der Waals surface area (Å²) in [7, 11) is 1.67. The number of hydrogen-bond donors (Lipinski definition) is 2. The lowest BCUT2D eigenvalue weighted by atomic mass is 10.1. The van der Waals surface area contributed by atoms with Gasteiger partial charge in [0.05, 0.1) is 18.0 Å². The first-order chi connectivity index (χ1) is 11.9. The van der Waals surface area contributed by atoms with Crippen molar-refractivity contribution in [3.8, 4) is 5.75 Å². The zero-order valence-corrected chi connectivity index (χ0v) is 13.4. The molecule has 0 amide bonds. The van der Waals surface area contributed by atoms with E-state index >= 15 is 0 Å². The summed E-state index contributed by atoms with van der Waals surface area (Å²) in [4.78, 5) is 12.2. The highest BCUT2D eigenvalue weighted by Crippen LogP contribution is 2.33. The molecule has 0 radical (unpaired) electrons. The van der Waals surface area contributed by atoms with Gasteiger partial charge in [-0.15, -0.1) is 0 Å². The molecule has 0 aliphatic carbocycles. The van der Waals surface area contributed by atoms with Crippen molar-refractivity contribution in [2.75, 3.05) is 19.0 Å². The predicted octanol–water partition coefficient (Wildman–Crippen LogP) is 3.77. The molecule has 0 atom stereocenters. The summed E-state index contributed by atoms with van der Waals surface area (Å²) >= 11 is 0. The van der Waals surface area contributed by atoms with E-state index < -0.39 is 0 Å². The number of methoxy groups -OCH3 is 1. The minimum Gasteiger partial charge on any atom is -0.496 e. The third-order valence-corrected chi connectivity index (χ3v) is 4.14. The van der Waals surface area contributed by atoms with Crippen molar-refractivity contribution in [1.82, 2.24) is 15.0 Å². The maximum Gasteiger partial charge on any atom is 0.153 e. The van der Waals surface area contributed by atoms with Crippen molar-refractivity contribution in [1.29, 1.82) is 0 Å². The molecule has 0 spiro atoms. The summed E-state index contributed by atoms with van der Waals surface area (Å²) in [5, 5.41) is 4.40. The molecule has 0 saturated carbocycles. The average molecular weight is 318 g/mol. The largest absolute Gasteiger partial charge is 0.496 e. The first-order valence-corrected chi connectivity index (χ1v) is 7.94. The molecule has 2 aromatic carbocycles. The second-order valence-corrected chi connectivity index (χ2v) is 5.62. The lowest BCUT2D eigenvalue weighted by Gasteiger charge is -2.06. The molecule has 4 aromatic rings. The van der Waals surface area contributed by atoms with Gasteiger partial charge in [0, 0.05) is 6.54 Å². The van der Waals surface area contributed by atoms with Crippen LogP contribution in [0.25, 0.3) is 21.9 Å². The fourth-order valence-electron chi connectivity index (χ4n) is 2.98. The van der Waals surface area contributed by atoms with Gasteiger partial charge in [-0.3, -0.25) is 0 Å². The van der Waals surface area contributed by atoms with Crippen molar-refractivity contribution in [2.45, 2.75) is 6.42 Å². The number of nitrogens with zero attached hydrogens (tertiary/aromatic N) is 2. The number of H-pyrrole nitrogens is 1. The maximum absolute atomic E-state index is 5.47. The molecule has 0 aliphatic heterocycles. The fraction of sp³-hybridized carbons (Fsp3) is 0.158. The third-order valence-electron chi connectivity index (χ3n) is 4.14. The van der Waals surface area contributed by atoms with Crippen LogP contribution in [-0.4, -0.2) is 28.6 Å². The van der Waals surface area contributed by atoms with Crippen LogP contribution >= 0.6 is 0 Å². The first-order valence-electron chi connectivity index (χ1n) is 7.94. The molecule has 0 fully saturated rings. The van der Waals surface area contributed by atoms with Crippen LogP contribution in [0.3, 0.4) is 0 Å². The lowest BCUT2D eigenvalue weighted by molar-refractivity contribution is 0.420. The summed E-state index contributed by atoms with van der Waals surface area (Å²) < 4.78 is 5.47. The van der Waals surface area contributed by atoms with Gasteiger partial charge in [0.2, 0.25) is 0 Å². The Morgan fingerprint density at radius 2 is 1.92 bits per heavy atom. The number of aromatic amines is 1. The fourth-order valence-corrected chi connectivity index (χ4v) is 2.98. The summed E-state index contributed by atoms with van der Waals surface area (Å²) in [6.07, 6.45) is 2.53. The molecule has 0 saturated heterocycles. The van der Waals surface area contributed by atoms with Gasteiger partial charge in [0.25, 0.3) is 0 Å². The monoisotopic (exact) mass is 318 g/mol. The van der Waals surface area contributed by atoms with Crippen molar-refractivity contribution in [3.63, 3.8) is 0 Å². The van der Waals surface area contributed by atoms with E-state index in [1.165, 1.54) is 5.56 Å². The van der Waals surface area contributed by atoms with Gasteiger partial charge in [-0.05, 0) is 24.1 Å². The normalized spacial score (nSPS) is 11.0. The van der Waals surface area contributed by atoms with E-state index in [2.05, 4.69) is 44.5 Å². The molecule has 24 heavy (non-hydrogen) atoms. The van der Waals surface area contributed by atoms with Crippen LogP contribution in [0.15, 0.2) is 54.9 Å². The number of benzene rings is 2. The Kier molecular flexibility index (Phi) is 3.75. The highest BCUT2D eigenvalue weighted by Gasteiger charge is 2.13. The zero-order valence-electron chi connectivity index (χ0n) is 13.4. The highest BCUT2D eigenvalue weighted by molar-refractivity contribution is 6.10. The maximum atomic E-state index is 5.47. The molecular formula is C19H18N4O. The van der Waals surface area contributed by atoms with Gasteiger partial charge < -0.3 is 15.0 Å². The van der Waals surface area contributed by atoms with E-state index in [1.54, 1.807) is 13.4 Å². The molecule has 4 rings (SSSR count). The van der Waals surface area contributed by atoms with Crippen molar-refractivity contribution < 1.29 is 4.74 Å². The lowest BCUT2D eigenvalue weighted by Crippen LogP contribution is -2.07. The van der Waals surface area contributed by atoms with Gasteiger partial charge in [0.1, 0.15) is 23.1 Å². The van der Waals surface area contributed by atoms with Gasteiger partial charge in [0.15, 0.2) is 5.82 Å². The number of hydrogen-bond acceptors (Lipinski definition) is 4. The van der Waals surface area contributed by atoms with Crippen molar-refractivity contribution >= 4 is 27.8 Å². The van der Waals surface area contributed by atoms with E-state index in [-0.39, 0.29) is 0 Å². The van der Waals surface area contributed by atoms with Crippen LogP contribution in [0.4, 0.5) is 5.82 Å². The smallest absolute Gasteiger partial charge is 0.153 e. The Labute approximate surface area is 139 Å². The Balaban J connectivity index is 1.66. The van der Waals surface area contributed by atoms with E-state index in [1.807, 2.05) is 24.3 Å². The van der Waals surface area contributed by atoms with Crippen LogP contribution in [-0.2, 0) is 6.42 Å². The molecule has 2 N–H and O–H groups in total. The molecule has 5 nitrogen and oxygen atoms in total. The van der Waals surface area contributed by atoms with Crippen molar-refractivity contribution in [2.24, 2.45) is 0 Å². The molecule has 0 aliphatic rings. The third kappa shape index (κ3) is 2.54. The number of anilines is 1. The molecule has 2 aromatic heterocycles. The number of ether oxygens (including phenoxy) is 1. The van der Waals surface area contributed by atoms with Crippen LogP contribution in [0.5, 0.6) is 5.75 Å². The van der Waals surface area contributed by atoms with Crippen LogP contribution < -0.4 is 10.1 Å². The van der Waals surface area contributed by atoms with Crippen LogP contribution in [0, 0.1) is 0 Å². The zero-order chi connectivity index (χ0) is 16.4. The van der Waals surface area contributed by atoms with E-state index in [4.69, 9.17) is 4.74 Å². The predicted molar refractivity (Wildman–Crippen MR) is 96.6 cm³/mol. The SMILES string of the molecule is COc1cccc2[nH]c3c(NCCc4ccccc4)ncnc3c12. The summed E-state index contributed by atoms with van der Waals surface area (Å²) in [5.74, 6) is 1.63. The van der Waals surface area contributed by atoms with E-state index in [0.717, 1.165) is 46.5 Å². The highest BCUT2D eigenvalue weighted by atomic mass is 16.5. The number of fused-ring (bicyclic) bond motifs is 3. The summed E-state index contributed by atoms with van der Waals surface area (Å²) in [5.41, 5.74) is 4.08. The second kappa shape index (κ2) is 6.20. The van der Waals surface area contributed by atoms with Crippen LogP contribution in [0.1, 0.15) is 5.56 Å². The topological polar surface area (TPSA) is 62.8 Å². The Hall–Kier alpha value is -3.08. The van der Waals surface area contributed by atoms with Gasteiger partial charge in [-0.2, -0.15) is 0 Å². The molecule has 0 unspecified atom stereocenters. The molecule has 5 heteroatoms. The van der Waals surface area contributed by atoms with Crippen LogP contribution in [0.2, 0.25) is 0 Å². The quantitative estimate of drug-likeness (QED) is 0.588. The number of aromatic nitrogens is 3.